The van der Waals surface area contributed by atoms with Crippen LogP contribution in [0.25, 0.3) is 0 Å². The van der Waals surface area contributed by atoms with Crippen LogP contribution in [0.5, 0.6) is 11.5 Å². The van der Waals surface area contributed by atoms with E-state index in [-0.39, 0.29) is 18.2 Å². The number of halogens is 3. The van der Waals surface area contributed by atoms with Gasteiger partial charge in [-0.25, -0.2) is 0 Å². The minimum Gasteiger partial charge on any atom is -0.483 e. The van der Waals surface area contributed by atoms with Gasteiger partial charge in [0.15, 0.2) is 13.2 Å². The van der Waals surface area contributed by atoms with E-state index >= 15 is 0 Å². The molecule has 0 fully saturated rings. The quantitative estimate of drug-likeness (QED) is 0.643. The summed E-state index contributed by atoms with van der Waals surface area (Å²) < 4.78 is 11.6. The lowest BCUT2D eigenvalue weighted by Gasteiger charge is -2.11. The number of hydrazine groups is 1. The highest BCUT2D eigenvalue weighted by Crippen LogP contribution is 2.27. The number of carbonyl (C=O) groups excluding carboxylic acids is 2. The third-order valence-electron chi connectivity index (χ3n) is 3.09. The second kappa shape index (κ2) is 9.66. The van der Waals surface area contributed by atoms with Crippen LogP contribution in [0.15, 0.2) is 40.9 Å². The molecule has 0 unspecified atom stereocenters. The summed E-state index contributed by atoms with van der Waals surface area (Å²) in [5, 5.41) is 0.743. The fourth-order valence-corrected chi connectivity index (χ4v) is 2.80. The predicted molar refractivity (Wildman–Crippen MR) is 103 cm³/mol. The molecule has 0 aliphatic carbocycles. The summed E-state index contributed by atoms with van der Waals surface area (Å²) in [5.74, 6) is -0.170. The molecular weight excluding hydrogens is 447 g/mol. The third-order valence-corrected chi connectivity index (χ3v) is 4.11. The second-order valence-electron chi connectivity index (χ2n) is 5.16. The topological polar surface area (TPSA) is 76.7 Å². The SMILES string of the molecule is Cc1cc(Br)ccc1OCC(=O)NNC(=O)COc1ccc(Cl)cc1Cl. The molecule has 2 aromatic carbocycles. The Morgan fingerprint density at radius 3 is 2.12 bits per heavy atom. The number of rotatable bonds is 6. The number of hydrogen-bond donors (Lipinski definition) is 2. The summed E-state index contributed by atoms with van der Waals surface area (Å²) in [6, 6.07) is 10.1. The van der Waals surface area contributed by atoms with Crippen molar-refractivity contribution < 1.29 is 19.1 Å². The highest BCUT2D eigenvalue weighted by atomic mass is 79.9. The molecule has 0 saturated carbocycles. The van der Waals surface area contributed by atoms with Crippen LogP contribution in [0.3, 0.4) is 0 Å². The molecule has 0 spiro atoms. The van der Waals surface area contributed by atoms with E-state index in [1.807, 2.05) is 13.0 Å². The van der Waals surface area contributed by atoms with Gasteiger partial charge in [-0.2, -0.15) is 0 Å². The molecule has 0 aliphatic rings. The fourth-order valence-electron chi connectivity index (χ4n) is 1.87. The molecule has 0 bridgehead atoms. The van der Waals surface area contributed by atoms with E-state index in [0.717, 1.165) is 10.0 Å². The van der Waals surface area contributed by atoms with Crippen molar-refractivity contribution in [2.45, 2.75) is 6.92 Å². The first kappa shape index (κ1) is 20.4. The molecule has 0 atom stereocenters. The number of benzene rings is 2. The van der Waals surface area contributed by atoms with E-state index < -0.39 is 11.8 Å². The minimum absolute atomic E-state index is 0.243. The second-order valence-corrected chi connectivity index (χ2v) is 6.92. The highest BCUT2D eigenvalue weighted by molar-refractivity contribution is 9.10. The lowest BCUT2D eigenvalue weighted by Crippen LogP contribution is -2.45. The lowest BCUT2D eigenvalue weighted by molar-refractivity contribution is -0.131. The van der Waals surface area contributed by atoms with Crippen LogP contribution >= 0.6 is 39.1 Å². The fraction of sp³-hybridized carbons (Fsp3) is 0.176. The van der Waals surface area contributed by atoms with Gasteiger partial charge < -0.3 is 9.47 Å². The number of amides is 2. The largest absolute Gasteiger partial charge is 0.483 e. The molecule has 0 aliphatic heterocycles. The Bertz CT molecular complexity index is 750. The van der Waals surface area contributed by atoms with Crippen molar-refractivity contribution in [3.8, 4) is 11.5 Å². The van der Waals surface area contributed by atoms with Crippen LogP contribution < -0.4 is 20.3 Å². The number of ether oxygens (including phenoxy) is 2. The van der Waals surface area contributed by atoms with Crippen LogP contribution in [-0.4, -0.2) is 25.0 Å². The zero-order valence-corrected chi connectivity index (χ0v) is 16.7. The Morgan fingerprint density at radius 2 is 1.54 bits per heavy atom. The van der Waals surface area contributed by atoms with Crippen molar-refractivity contribution >= 4 is 50.9 Å². The Hall–Kier alpha value is -1.96. The molecule has 2 rings (SSSR count). The van der Waals surface area contributed by atoms with Crippen molar-refractivity contribution in [1.29, 1.82) is 0 Å². The third kappa shape index (κ3) is 6.40. The zero-order valence-electron chi connectivity index (χ0n) is 13.6. The Balaban J connectivity index is 1.72. The molecule has 26 heavy (non-hydrogen) atoms. The van der Waals surface area contributed by atoms with Gasteiger partial charge in [0.05, 0.1) is 5.02 Å². The van der Waals surface area contributed by atoms with Gasteiger partial charge in [-0.05, 0) is 48.9 Å². The molecule has 0 heterocycles. The van der Waals surface area contributed by atoms with Gasteiger partial charge in [0, 0.05) is 9.50 Å². The van der Waals surface area contributed by atoms with Crippen LogP contribution in [0.1, 0.15) is 5.56 Å². The van der Waals surface area contributed by atoms with E-state index in [0.29, 0.717) is 16.5 Å². The van der Waals surface area contributed by atoms with Gasteiger partial charge in [-0.15, -0.1) is 0 Å². The average molecular weight is 462 g/mol. The van der Waals surface area contributed by atoms with E-state index in [1.54, 1.807) is 24.3 Å². The molecule has 2 N–H and O–H groups in total. The minimum atomic E-state index is -0.552. The smallest absolute Gasteiger partial charge is 0.276 e. The van der Waals surface area contributed by atoms with Gasteiger partial charge in [-0.1, -0.05) is 39.1 Å². The van der Waals surface area contributed by atoms with E-state index in [2.05, 4.69) is 26.8 Å². The van der Waals surface area contributed by atoms with Crippen LogP contribution in [0, 0.1) is 6.92 Å². The van der Waals surface area contributed by atoms with Crippen molar-refractivity contribution in [1.82, 2.24) is 10.9 Å². The van der Waals surface area contributed by atoms with Crippen LogP contribution in [0.2, 0.25) is 10.0 Å². The summed E-state index contributed by atoms with van der Waals surface area (Å²) in [7, 11) is 0. The highest BCUT2D eigenvalue weighted by Gasteiger charge is 2.09. The molecule has 9 heteroatoms. The maximum Gasteiger partial charge on any atom is 0.276 e. The molecule has 0 aromatic heterocycles. The summed E-state index contributed by atoms with van der Waals surface area (Å²) in [4.78, 5) is 23.4. The predicted octanol–water partition coefficient (Wildman–Crippen LogP) is 3.67. The standard InChI is InChI=1S/C17H15BrCl2N2O4/c1-10-6-11(18)2-4-14(10)25-8-16(23)21-22-17(24)9-26-15-5-3-12(19)7-13(15)20/h2-7H,8-9H2,1H3,(H,21,23)(H,22,24). The summed E-state index contributed by atoms with van der Waals surface area (Å²) in [6.07, 6.45) is 0. The van der Waals surface area contributed by atoms with Gasteiger partial charge in [0.25, 0.3) is 11.8 Å². The van der Waals surface area contributed by atoms with Gasteiger partial charge in [0.1, 0.15) is 11.5 Å². The van der Waals surface area contributed by atoms with Crippen LogP contribution in [0.4, 0.5) is 0 Å². The zero-order chi connectivity index (χ0) is 19.1. The first-order valence-corrected chi connectivity index (χ1v) is 8.94. The van der Waals surface area contributed by atoms with E-state index in [9.17, 15) is 9.59 Å². The molecule has 6 nitrogen and oxygen atoms in total. The maximum absolute atomic E-state index is 11.7. The summed E-state index contributed by atoms with van der Waals surface area (Å²) in [6.45, 7) is 1.29. The number of aryl methyl sites for hydroxylation is 1. The summed E-state index contributed by atoms with van der Waals surface area (Å²) >= 11 is 15.1. The first-order valence-electron chi connectivity index (χ1n) is 7.39. The summed E-state index contributed by atoms with van der Waals surface area (Å²) in [5.41, 5.74) is 5.34. The molecule has 2 aromatic rings. The van der Waals surface area contributed by atoms with Crippen molar-refractivity contribution in [3.63, 3.8) is 0 Å². The lowest BCUT2D eigenvalue weighted by atomic mass is 10.2. The Morgan fingerprint density at radius 1 is 0.962 bits per heavy atom. The van der Waals surface area contributed by atoms with Crippen molar-refractivity contribution in [2.24, 2.45) is 0 Å². The molecule has 138 valence electrons. The number of carbonyl (C=O) groups is 2. The molecule has 0 saturated heterocycles. The maximum atomic E-state index is 11.7. The Labute approximate surface area is 168 Å². The Kier molecular flexibility index (Phi) is 7.56. The van der Waals surface area contributed by atoms with Crippen molar-refractivity contribution in [2.75, 3.05) is 13.2 Å². The number of nitrogens with one attached hydrogen (secondary N) is 2. The van der Waals surface area contributed by atoms with E-state index in [1.165, 1.54) is 6.07 Å². The van der Waals surface area contributed by atoms with Gasteiger partial charge >= 0.3 is 0 Å². The first-order chi connectivity index (χ1) is 12.3. The molecule has 2 amide bonds. The van der Waals surface area contributed by atoms with Gasteiger partial charge in [0.2, 0.25) is 0 Å². The van der Waals surface area contributed by atoms with Crippen molar-refractivity contribution in [3.05, 3.63) is 56.5 Å². The van der Waals surface area contributed by atoms with E-state index in [4.69, 9.17) is 32.7 Å². The monoisotopic (exact) mass is 460 g/mol. The molecule has 0 radical (unpaired) electrons. The number of hydrogen-bond acceptors (Lipinski definition) is 4. The average Bonchev–Trinajstić information content (AvgIpc) is 2.58. The normalized spacial score (nSPS) is 10.2. The molecular formula is C17H15BrCl2N2O4. The van der Waals surface area contributed by atoms with Gasteiger partial charge in [-0.3, -0.25) is 20.4 Å². The van der Waals surface area contributed by atoms with Crippen LogP contribution in [-0.2, 0) is 9.59 Å².